The summed E-state index contributed by atoms with van der Waals surface area (Å²) in [7, 11) is 0. The Morgan fingerprint density at radius 3 is 2.71 bits per heavy atom. The molecule has 34 heavy (non-hydrogen) atoms. The fourth-order valence-corrected chi connectivity index (χ4v) is 6.22. The van der Waals surface area contributed by atoms with E-state index in [2.05, 4.69) is 51.7 Å². The Balaban J connectivity index is 1.54. The summed E-state index contributed by atoms with van der Waals surface area (Å²) >= 11 is 0. The second-order valence-electron chi connectivity index (χ2n) is 12.2. The SMILES string of the molecule is CC(C)(C)c1cc(O)c2c(c1)OC(C)(C)[C@@H]1CC=C(C(O)CN3CCC[C@H](CC(=O)O)C3)C[C@@H]21. The summed E-state index contributed by atoms with van der Waals surface area (Å²) in [4.78, 5) is 13.3. The molecule has 1 saturated heterocycles. The number of hydrogen-bond donors (Lipinski definition) is 3. The van der Waals surface area contributed by atoms with Crippen LogP contribution < -0.4 is 4.74 Å². The first-order valence-electron chi connectivity index (χ1n) is 12.7. The van der Waals surface area contributed by atoms with E-state index < -0.39 is 12.1 Å². The van der Waals surface area contributed by atoms with Gasteiger partial charge in [0, 0.05) is 36.9 Å². The van der Waals surface area contributed by atoms with Crippen LogP contribution in [0.5, 0.6) is 11.5 Å². The number of rotatable bonds is 5. The van der Waals surface area contributed by atoms with Gasteiger partial charge in [0.2, 0.25) is 0 Å². The molecule has 4 rings (SSSR count). The predicted octanol–water partition coefficient (Wildman–Crippen LogP) is 4.83. The van der Waals surface area contributed by atoms with Crippen molar-refractivity contribution in [2.24, 2.45) is 11.8 Å². The highest BCUT2D eigenvalue weighted by molar-refractivity contribution is 5.67. The Hall–Kier alpha value is -2.05. The molecule has 0 bridgehead atoms. The number of aromatic hydroxyl groups is 1. The lowest BCUT2D eigenvalue weighted by Crippen LogP contribution is -2.47. The van der Waals surface area contributed by atoms with Gasteiger partial charge in [0.1, 0.15) is 17.1 Å². The minimum absolute atomic E-state index is 0.0866. The van der Waals surface area contributed by atoms with E-state index in [9.17, 15) is 15.0 Å². The van der Waals surface area contributed by atoms with Gasteiger partial charge in [0.25, 0.3) is 0 Å². The smallest absolute Gasteiger partial charge is 0.303 e. The second-order valence-corrected chi connectivity index (χ2v) is 12.2. The van der Waals surface area contributed by atoms with Crippen molar-refractivity contribution in [3.8, 4) is 11.5 Å². The van der Waals surface area contributed by atoms with Gasteiger partial charge in [0.05, 0.1) is 6.10 Å². The first kappa shape index (κ1) is 25.1. The number of aliphatic hydroxyl groups excluding tert-OH is 1. The van der Waals surface area contributed by atoms with Crippen LogP contribution in [0, 0.1) is 11.8 Å². The van der Waals surface area contributed by atoms with Crippen molar-refractivity contribution in [1.29, 1.82) is 0 Å². The van der Waals surface area contributed by atoms with Crippen LogP contribution in [0.4, 0.5) is 0 Å². The Morgan fingerprint density at radius 2 is 2.03 bits per heavy atom. The van der Waals surface area contributed by atoms with E-state index in [1.807, 2.05) is 6.07 Å². The molecule has 1 aromatic carbocycles. The van der Waals surface area contributed by atoms with E-state index in [1.165, 1.54) is 0 Å². The predicted molar refractivity (Wildman–Crippen MR) is 132 cm³/mol. The maximum atomic E-state index is 11.2. The molecular formula is C28H41NO5. The molecule has 1 unspecified atom stereocenters. The van der Waals surface area contributed by atoms with Crippen LogP contribution in [-0.4, -0.2) is 57.5 Å². The van der Waals surface area contributed by atoms with E-state index in [1.54, 1.807) is 0 Å². The zero-order valence-corrected chi connectivity index (χ0v) is 21.3. The number of carbonyl (C=O) groups is 1. The fourth-order valence-electron chi connectivity index (χ4n) is 6.22. The summed E-state index contributed by atoms with van der Waals surface area (Å²) in [5.74, 6) is 0.764. The van der Waals surface area contributed by atoms with Crippen molar-refractivity contribution >= 4 is 5.97 Å². The van der Waals surface area contributed by atoms with Gasteiger partial charge in [-0.15, -0.1) is 0 Å². The van der Waals surface area contributed by atoms with Crippen molar-refractivity contribution < 1.29 is 24.9 Å². The maximum absolute atomic E-state index is 11.2. The summed E-state index contributed by atoms with van der Waals surface area (Å²) in [6.45, 7) is 12.8. The summed E-state index contributed by atoms with van der Waals surface area (Å²) in [5.41, 5.74) is 2.46. The molecular weight excluding hydrogens is 430 g/mol. The lowest BCUT2D eigenvalue weighted by Gasteiger charge is -2.48. The van der Waals surface area contributed by atoms with Gasteiger partial charge >= 0.3 is 5.97 Å². The number of hydrogen-bond acceptors (Lipinski definition) is 5. The number of nitrogens with zero attached hydrogens (tertiary/aromatic N) is 1. The topological polar surface area (TPSA) is 90.2 Å². The Labute approximate surface area is 203 Å². The lowest BCUT2D eigenvalue weighted by atomic mass is 9.66. The van der Waals surface area contributed by atoms with Crippen LogP contribution in [0.25, 0.3) is 0 Å². The third-order valence-electron chi connectivity index (χ3n) is 8.12. The van der Waals surface area contributed by atoms with Crippen molar-refractivity contribution in [3.05, 3.63) is 34.9 Å². The third-order valence-corrected chi connectivity index (χ3v) is 8.12. The normalized spacial score (nSPS) is 27.7. The largest absolute Gasteiger partial charge is 0.508 e. The number of aliphatic hydroxyl groups is 1. The third kappa shape index (κ3) is 5.13. The van der Waals surface area contributed by atoms with Crippen LogP contribution in [0.1, 0.15) is 83.8 Å². The highest BCUT2D eigenvalue weighted by atomic mass is 16.5. The van der Waals surface area contributed by atoms with Gasteiger partial charge in [0.15, 0.2) is 0 Å². The number of likely N-dealkylation sites (tertiary alicyclic amines) is 1. The molecule has 0 spiro atoms. The first-order chi connectivity index (χ1) is 15.8. The fraction of sp³-hybridized carbons (Fsp3) is 0.679. The minimum atomic E-state index is -0.747. The minimum Gasteiger partial charge on any atom is -0.508 e. The van der Waals surface area contributed by atoms with Gasteiger partial charge < -0.3 is 25.0 Å². The maximum Gasteiger partial charge on any atom is 0.303 e. The van der Waals surface area contributed by atoms with Crippen LogP contribution in [-0.2, 0) is 10.2 Å². The van der Waals surface area contributed by atoms with E-state index >= 15 is 0 Å². The number of carboxylic acids is 1. The standard InChI is InChI=1S/C28H41NO5/c1-27(2,3)19-13-22(30)26-20-12-18(8-9-21(20)28(4,5)34-24(26)14-19)23(31)16-29-10-6-7-17(15-29)11-25(32)33/h8,13-14,17,20-21,23,30-31H,6-7,9-12,15-16H2,1-5H3,(H,32,33)/t17-,20-,21-,23?/m1/s1. The molecule has 0 saturated carbocycles. The molecule has 188 valence electrons. The second kappa shape index (κ2) is 9.19. The molecule has 0 amide bonds. The van der Waals surface area contributed by atoms with Crippen molar-refractivity contribution in [1.82, 2.24) is 4.90 Å². The van der Waals surface area contributed by atoms with Crippen molar-refractivity contribution in [3.63, 3.8) is 0 Å². The molecule has 1 aliphatic carbocycles. The first-order valence-corrected chi connectivity index (χ1v) is 12.7. The summed E-state index contributed by atoms with van der Waals surface area (Å²) in [5, 5.41) is 31.4. The van der Waals surface area contributed by atoms with Gasteiger partial charge in [-0.25, -0.2) is 0 Å². The highest BCUT2D eigenvalue weighted by Gasteiger charge is 2.47. The number of β-amino-alcohol motifs (C(OH)–C–C–N with tert-alkyl or cyclic N) is 1. The van der Waals surface area contributed by atoms with Gasteiger partial charge in [-0.1, -0.05) is 26.8 Å². The lowest BCUT2D eigenvalue weighted by molar-refractivity contribution is -0.138. The molecule has 1 aromatic rings. The van der Waals surface area contributed by atoms with Gasteiger partial charge in [-0.3, -0.25) is 4.79 Å². The number of phenols is 1. The molecule has 1 fully saturated rings. The number of allylic oxidation sites excluding steroid dienone is 1. The molecule has 0 aromatic heterocycles. The molecule has 3 aliphatic rings. The van der Waals surface area contributed by atoms with Gasteiger partial charge in [-0.2, -0.15) is 0 Å². The Kier molecular flexibility index (Phi) is 6.78. The summed E-state index contributed by atoms with van der Waals surface area (Å²) in [6.07, 6.45) is 5.17. The molecule has 2 heterocycles. The molecule has 4 atom stereocenters. The zero-order chi connectivity index (χ0) is 24.8. The monoisotopic (exact) mass is 471 g/mol. The average Bonchev–Trinajstić information content (AvgIpc) is 2.71. The molecule has 0 radical (unpaired) electrons. The highest BCUT2D eigenvalue weighted by Crippen LogP contribution is 2.55. The van der Waals surface area contributed by atoms with Gasteiger partial charge in [-0.05, 0) is 80.7 Å². The van der Waals surface area contributed by atoms with E-state index in [0.717, 1.165) is 54.8 Å². The van der Waals surface area contributed by atoms with E-state index in [-0.39, 0.29) is 40.9 Å². The average molecular weight is 472 g/mol. The number of carboxylic acid groups (broad SMARTS) is 1. The zero-order valence-electron chi connectivity index (χ0n) is 21.3. The molecule has 2 aliphatic heterocycles. The molecule has 6 nitrogen and oxygen atoms in total. The Bertz CT molecular complexity index is 960. The van der Waals surface area contributed by atoms with Crippen molar-refractivity contribution in [2.45, 2.75) is 89.8 Å². The van der Waals surface area contributed by atoms with E-state index in [4.69, 9.17) is 9.84 Å². The van der Waals surface area contributed by atoms with Crippen LogP contribution in [0.15, 0.2) is 23.8 Å². The number of benzene rings is 1. The summed E-state index contributed by atoms with van der Waals surface area (Å²) in [6, 6.07) is 3.96. The van der Waals surface area contributed by atoms with E-state index in [0.29, 0.717) is 13.0 Å². The number of fused-ring (bicyclic) bond motifs is 3. The number of phenolic OH excluding ortho intramolecular Hbond substituents is 1. The molecule has 3 N–H and O–H groups in total. The molecule has 6 heteroatoms. The Morgan fingerprint density at radius 1 is 1.29 bits per heavy atom. The van der Waals surface area contributed by atoms with Crippen LogP contribution in [0.2, 0.25) is 0 Å². The number of aliphatic carboxylic acids is 1. The summed E-state index contributed by atoms with van der Waals surface area (Å²) < 4.78 is 6.46. The van der Waals surface area contributed by atoms with Crippen molar-refractivity contribution in [2.75, 3.05) is 19.6 Å². The number of ether oxygens (including phenoxy) is 1. The van der Waals surface area contributed by atoms with Crippen LogP contribution in [0.3, 0.4) is 0 Å². The number of piperidine rings is 1. The quantitative estimate of drug-likeness (QED) is 0.533. The van der Waals surface area contributed by atoms with Crippen LogP contribution >= 0.6 is 0 Å².